The molecule has 1 saturated heterocycles. The first kappa shape index (κ1) is 15.3. The minimum absolute atomic E-state index is 0.336. The van der Waals surface area contributed by atoms with Gasteiger partial charge < -0.3 is 10.1 Å². The third kappa shape index (κ3) is 3.96. The van der Waals surface area contributed by atoms with Crippen LogP contribution < -0.4 is 10.1 Å². The van der Waals surface area contributed by atoms with Crippen molar-refractivity contribution in [2.75, 3.05) is 32.1 Å². The molecule has 1 aromatic rings. The molecule has 0 aromatic carbocycles. The first-order valence-corrected chi connectivity index (χ1v) is 7.52. The van der Waals surface area contributed by atoms with Crippen molar-refractivity contribution in [3.63, 3.8) is 0 Å². The molecule has 6 heteroatoms. The van der Waals surface area contributed by atoms with Crippen LogP contribution >= 0.6 is 11.6 Å². The molecule has 5 nitrogen and oxygen atoms in total. The zero-order valence-electron chi connectivity index (χ0n) is 12.4. The van der Waals surface area contributed by atoms with Gasteiger partial charge in [0.15, 0.2) is 5.82 Å². The number of nitrogens with zero attached hydrogens (tertiary/aromatic N) is 3. The van der Waals surface area contributed by atoms with Crippen molar-refractivity contribution >= 4 is 17.4 Å². The lowest BCUT2D eigenvalue weighted by atomic mass is 10.1. The van der Waals surface area contributed by atoms with Gasteiger partial charge in [0.05, 0.1) is 13.3 Å². The summed E-state index contributed by atoms with van der Waals surface area (Å²) in [6, 6.07) is 0.886. The summed E-state index contributed by atoms with van der Waals surface area (Å²) < 4.78 is 5.02. The number of anilines is 1. The van der Waals surface area contributed by atoms with E-state index in [1.807, 2.05) is 0 Å². The van der Waals surface area contributed by atoms with Crippen LogP contribution in [0.15, 0.2) is 6.20 Å². The van der Waals surface area contributed by atoms with E-state index >= 15 is 0 Å². The van der Waals surface area contributed by atoms with Gasteiger partial charge in [-0.05, 0) is 25.3 Å². The average Bonchev–Trinajstić information content (AvgIpc) is 2.84. The summed E-state index contributed by atoms with van der Waals surface area (Å²) in [7, 11) is 1.55. The Labute approximate surface area is 125 Å². The van der Waals surface area contributed by atoms with Gasteiger partial charge in [-0.1, -0.05) is 25.4 Å². The Morgan fingerprint density at radius 3 is 3.05 bits per heavy atom. The van der Waals surface area contributed by atoms with Gasteiger partial charge in [0.2, 0.25) is 0 Å². The van der Waals surface area contributed by atoms with E-state index in [2.05, 4.69) is 34.0 Å². The van der Waals surface area contributed by atoms with Crippen molar-refractivity contribution in [2.24, 2.45) is 5.92 Å². The van der Waals surface area contributed by atoms with Crippen LogP contribution in [0.3, 0.4) is 0 Å². The lowest BCUT2D eigenvalue weighted by molar-refractivity contribution is 0.234. The second kappa shape index (κ2) is 7.09. The van der Waals surface area contributed by atoms with Crippen molar-refractivity contribution < 1.29 is 4.74 Å². The van der Waals surface area contributed by atoms with Crippen molar-refractivity contribution in [3.05, 3.63) is 11.2 Å². The first-order chi connectivity index (χ1) is 9.60. The molecular formula is C14H23ClN4O. The molecule has 1 atom stereocenters. The molecule has 1 N–H and O–H groups in total. The van der Waals surface area contributed by atoms with Crippen LogP contribution in [0.25, 0.3) is 0 Å². The van der Waals surface area contributed by atoms with E-state index in [1.54, 1.807) is 13.3 Å². The highest BCUT2D eigenvalue weighted by atomic mass is 35.5. The van der Waals surface area contributed by atoms with Gasteiger partial charge in [-0.25, -0.2) is 4.98 Å². The molecule has 0 bridgehead atoms. The third-order valence-corrected chi connectivity index (χ3v) is 3.79. The summed E-state index contributed by atoms with van der Waals surface area (Å²) >= 11 is 6.10. The second-order valence-electron chi connectivity index (χ2n) is 5.62. The lowest BCUT2D eigenvalue weighted by Gasteiger charge is -2.26. The molecule has 2 heterocycles. The van der Waals surface area contributed by atoms with Gasteiger partial charge in [0.25, 0.3) is 0 Å². The van der Waals surface area contributed by atoms with Gasteiger partial charge in [-0.15, -0.1) is 0 Å². The lowest BCUT2D eigenvalue weighted by Crippen LogP contribution is -2.37. The molecule has 0 radical (unpaired) electrons. The normalized spacial score (nSPS) is 19.6. The SMILES string of the molecule is COc1ncc(Cl)c(NC[C@H]2CCCN2CC(C)C)n1. The van der Waals surface area contributed by atoms with E-state index in [9.17, 15) is 0 Å². The van der Waals surface area contributed by atoms with Crippen LogP contribution in [0.1, 0.15) is 26.7 Å². The van der Waals surface area contributed by atoms with Crippen LogP contribution in [0.2, 0.25) is 5.02 Å². The highest BCUT2D eigenvalue weighted by Gasteiger charge is 2.24. The van der Waals surface area contributed by atoms with Crippen LogP contribution in [0, 0.1) is 5.92 Å². The van der Waals surface area contributed by atoms with Crippen LogP contribution in [0.4, 0.5) is 5.82 Å². The van der Waals surface area contributed by atoms with Gasteiger partial charge in [-0.3, -0.25) is 4.90 Å². The predicted molar refractivity (Wildman–Crippen MR) is 81.5 cm³/mol. The monoisotopic (exact) mass is 298 g/mol. The number of likely N-dealkylation sites (tertiary alicyclic amines) is 1. The Hall–Kier alpha value is -1.07. The maximum Gasteiger partial charge on any atom is 0.318 e. The average molecular weight is 299 g/mol. The summed E-state index contributed by atoms with van der Waals surface area (Å²) in [5.41, 5.74) is 0. The fourth-order valence-corrected chi connectivity index (χ4v) is 2.78. The fraction of sp³-hybridized carbons (Fsp3) is 0.714. The van der Waals surface area contributed by atoms with Crippen LogP contribution in [-0.2, 0) is 0 Å². The molecule has 2 rings (SSSR count). The number of hydrogen-bond donors (Lipinski definition) is 1. The number of aromatic nitrogens is 2. The molecule has 1 fully saturated rings. The summed E-state index contributed by atoms with van der Waals surface area (Å²) in [5.74, 6) is 1.34. The number of methoxy groups -OCH3 is 1. The Kier molecular flexibility index (Phi) is 5.43. The Morgan fingerprint density at radius 1 is 1.55 bits per heavy atom. The van der Waals surface area contributed by atoms with Gasteiger partial charge >= 0.3 is 6.01 Å². The van der Waals surface area contributed by atoms with Crippen molar-refractivity contribution in [1.82, 2.24) is 14.9 Å². The molecule has 1 aliphatic heterocycles. The van der Waals surface area contributed by atoms with E-state index in [0.29, 0.717) is 28.8 Å². The topological polar surface area (TPSA) is 50.3 Å². The number of nitrogens with one attached hydrogen (secondary N) is 1. The van der Waals surface area contributed by atoms with E-state index in [-0.39, 0.29) is 0 Å². The molecule has 1 aliphatic rings. The molecule has 0 amide bonds. The van der Waals surface area contributed by atoms with E-state index < -0.39 is 0 Å². The summed E-state index contributed by atoms with van der Waals surface area (Å²) in [4.78, 5) is 10.8. The van der Waals surface area contributed by atoms with E-state index in [4.69, 9.17) is 16.3 Å². The second-order valence-corrected chi connectivity index (χ2v) is 6.03. The first-order valence-electron chi connectivity index (χ1n) is 7.14. The van der Waals surface area contributed by atoms with Crippen molar-refractivity contribution in [1.29, 1.82) is 0 Å². The highest BCUT2D eigenvalue weighted by molar-refractivity contribution is 6.32. The molecular weight excluding hydrogens is 276 g/mol. The molecule has 0 unspecified atom stereocenters. The largest absolute Gasteiger partial charge is 0.467 e. The molecule has 0 aliphatic carbocycles. The zero-order chi connectivity index (χ0) is 14.5. The smallest absolute Gasteiger partial charge is 0.318 e. The standard InChI is InChI=1S/C14H23ClN4O/c1-10(2)9-19-6-4-5-11(19)7-16-13-12(15)8-17-14(18-13)20-3/h8,10-11H,4-7,9H2,1-3H3,(H,16,17,18)/t11-/m1/s1. The summed E-state index contributed by atoms with van der Waals surface area (Å²) in [5, 5.41) is 3.86. The van der Waals surface area contributed by atoms with Gasteiger partial charge in [0, 0.05) is 19.1 Å². The predicted octanol–water partition coefficient (Wildman–Crippen LogP) is 2.67. The van der Waals surface area contributed by atoms with E-state index in [0.717, 1.165) is 13.1 Å². The highest BCUT2D eigenvalue weighted by Crippen LogP contribution is 2.23. The van der Waals surface area contributed by atoms with E-state index in [1.165, 1.54) is 19.4 Å². The molecule has 0 spiro atoms. The number of ether oxygens (including phenoxy) is 1. The van der Waals surface area contributed by atoms with Crippen LogP contribution in [0.5, 0.6) is 6.01 Å². The van der Waals surface area contributed by atoms with Gasteiger partial charge in [0.1, 0.15) is 5.02 Å². The quantitative estimate of drug-likeness (QED) is 0.875. The Balaban J connectivity index is 1.94. The maximum atomic E-state index is 6.10. The Bertz CT molecular complexity index is 441. The maximum absolute atomic E-state index is 6.10. The van der Waals surface area contributed by atoms with Crippen molar-refractivity contribution in [3.8, 4) is 6.01 Å². The number of halogens is 1. The molecule has 20 heavy (non-hydrogen) atoms. The number of rotatable bonds is 6. The minimum atomic E-state index is 0.336. The fourth-order valence-electron chi connectivity index (χ4n) is 2.62. The zero-order valence-corrected chi connectivity index (χ0v) is 13.2. The van der Waals surface area contributed by atoms with Gasteiger partial charge in [-0.2, -0.15) is 4.98 Å². The summed E-state index contributed by atoms with van der Waals surface area (Å²) in [6.07, 6.45) is 4.05. The minimum Gasteiger partial charge on any atom is -0.467 e. The Morgan fingerprint density at radius 2 is 2.35 bits per heavy atom. The van der Waals surface area contributed by atoms with Crippen LogP contribution in [-0.4, -0.2) is 47.7 Å². The third-order valence-electron chi connectivity index (χ3n) is 3.51. The van der Waals surface area contributed by atoms with Crippen molar-refractivity contribution in [2.45, 2.75) is 32.7 Å². The summed E-state index contributed by atoms with van der Waals surface area (Å²) in [6.45, 7) is 7.70. The molecule has 112 valence electrons. The number of hydrogen-bond acceptors (Lipinski definition) is 5. The molecule has 0 saturated carbocycles. The molecule has 1 aromatic heterocycles.